The molecular weight excluding hydrogens is 284 g/mol. The first-order valence-corrected chi connectivity index (χ1v) is 6.36. The lowest BCUT2D eigenvalue weighted by molar-refractivity contribution is -0.140. The van der Waals surface area contributed by atoms with Gasteiger partial charge in [-0.25, -0.2) is 9.59 Å². The number of rotatable bonds is 5. The summed E-state index contributed by atoms with van der Waals surface area (Å²) in [5.74, 6) is -0.895. The van der Waals surface area contributed by atoms with Crippen LogP contribution in [-0.4, -0.2) is 30.3 Å². The molecule has 0 saturated heterocycles. The number of nitrogens with one attached hydrogen (secondary N) is 2. The molecule has 0 aliphatic rings. The van der Waals surface area contributed by atoms with E-state index in [1.54, 1.807) is 26.0 Å². The van der Waals surface area contributed by atoms with E-state index in [0.29, 0.717) is 16.5 Å². The third-order valence-electron chi connectivity index (χ3n) is 2.63. The summed E-state index contributed by atoms with van der Waals surface area (Å²) >= 11 is 5.84. The van der Waals surface area contributed by atoms with Gasteiger partial charge in [-0.1, -0.05) is 25.4 Å². The maximum atomic E-state index is 11.8. The monoisotopic (exact) mass is 300 g/mol. The highest BCUT2D eigenvalue weighted by Crippen LogP contribution is 2.27. The molecule has 110 valence electrons. The minimum absolute atomic E-state index is 0.237. The fraction of sp³-hybridized carbons (Fsp3) is 0.385. The van der Waals surface area contributed by atoms with Gasteiger partial charge < -0.3 is 20.5 Å². The summed E-state index contributed by atoms with van der Waals surface area (Å²) in [6, 6.07) is 3.14. The minimum Gasteiger partial charge on any atom is -0.495 e. The molecule has 0 heterocycles. The number of methoxy groups -OCH3 is 1. The van der Waals surface area contributed by atoms with Crippen molar-refractivity contribution in [3.05, 3.63) is 23.2 Å². The number of benzene rings is 1. The Bertz CT molecular complexity index is 505. The van der Waals surface area contributed by atoms with Crippen LogP contribution in [0, 0.1) is 5.92 Å². The number of hydrogen-bond acceptors (Lipinski definition) is 3. The number of carboxylic acid groups (broad SMARTS) is 1. The molecule has 2 amide bonds. The molecule has 0 aliphatic heterocycles. The molecule has 1 aromatic carbocycles. The van der Waals surface area contributed by atoms with Crippen molar-refractivity contribution >= 4 is 29.3 Å². The lowest BCUT2D eigenvalue weighted by Gasteiger charge is -2.19. The number of halogens is 1. The van der Waals surface area contributed by atoms with E-state index in [4.69, 9.17) is 21.4 Å². The van der Waals surface area contributed by atoms with Crippen LogP contribution in [0.3, 0.4) is 0 Å². The van der Waals surface area contributed by atoms with Gasteiger partial charge in [0.2, 0.25) is 0 Å². The maximum Gasteiger partial charge on any atom is 0.326 e. The second-order valence-corrected chi connectivity index (χ2v) is 4.94. The number of anilines is 1. The third-order valence-corrected chi connectivity index (χ3v) is 2.86. The highest BCUT2D eigenvalue weighted by molar-refractivity contribution is 6.31. The molecule has 1 rings (SSSR count). The van der Waals surface area contributed by atoms with Crippen molar-refractivity contribution < 1.29 is 19.4 Å². The van der Waals surface area contributed by atoms with Crippen LogP contribution in [0.25, 0.3) is 0 Å². The highest BCUT2D eigenvalue weighted by atomic mass is 35.5. The summed E-state index contributed by atoms with van der Waals surface area (Å²) < 4.78 is 5.08. The number of hydrogen-bond donors (Lipinski definition) is 3. The fourth-order valence-corrected chi connectivity index (χ4v) is 1.76. The number of amides is 2. The Morgan fingerprint density at radius 2 is 2.00 bits per heavy atom. The zero-order valence-corrected chi connectivity index (χ0v) is 12.2. The van der Waals surface area contributed by atoms with E-state index >= 15 is 0 Å². The van der Waals surface area contributed by atoms with Gasteiger partial charge in [0.15, 0.2) is 0 Å². The molecule has 0 bridgehead atoms. The van der Waals surface area contributed by atoms with Gasteiger partial charge in [-0.05, 0) is 24.1 Å². The molecule has 3 N–H and O–H groups in total. The lowest BCUT2D eigenvalue weighted by atomic mass is 10.1. The van der Waals surface area contributed by atoms with E-state index in [0.717, 1.165) is 0 Å². The van der Waals surface area contributed by atoms with E-state index in [1.807, 2.05) is 0 Å². The molecule has 7 heteroatoms. The third kappa shape index (κ3) is 4.31. The molecule has 1 aromatic rings. The van der Waals surface area contributed by atoms with Crippen molar-refractivity contribution in [2.24, 2.45) is 5.92 Å². The van der Waals surface area contributed by atoms with Crippen molar-refractivity contribution in [2.75, 3.05) is 12.4 Å². The van der Waals surface area contributed by atoms with Gasteiger partial charge in [-0.2, -0.15) is 0 Å². The quantitative estimate of drug-likeness (QED) is 0.780. The average Bonchev–Trinajstić information content (AvgIpc) is 2.35. The SMILES string of the molecule is COc1ccc(Cl)cc1NC(=O)NC(C(=O)O)C(C)C. The highest BCUT2D eigenvalue weighted by Gasteiger charge is 2.23. The second-order valence-electron chi connectivity index (χ2n) is 4.50. The topological polar surface area (TPSA) is 87.7 Å². The summed E-state index contributed by atoms with van der Waals surface area (Å²) in [6.07, 6.45) is 0. The van der Waals surface area contributed by atoms with Crippen molar-refractivity contribution in [2.45, 2.75) is 19.9 Å². The van der Waals surface area contributed by atoms with Crippen LogP contribution in [-0.2, 0) is 4.79 Å². The van der Waals surface area contributed by atoms with E-state index in [-0.39, 0.29) is 5.92 Å². The van der Waals surface area contributed by atoms with Gasteiger partial charge in [-0.3, -0.25) is 0 Å². The number of ether oxygens (including phenoxy) is 1. The number of carboxylic acids is 1. The van der Waals surface area contributed by atoms with Crippen LogP contribution in [0.2, 0.25) is 5.02 Å². The number of aliphatic carboxylic acids is 1. The summed E-state index contributed by atoms with van der Waals surface area (Å²) in [6.45, 7) is 3.41. The first kappa shape index (κ1) is 16.1. The van der Waals surface area contributed by atoms with Crippen molar-refractivity contribution in [1.82, 2.24) is 5.32 Å². The van der Waals surface area contributed by atoms with Crippen LogP contribution in [0.15, 0.2) is 18.2 Å². The smallest absolute Gasteiger partial charge is 0.326 e. The van der Waals surface area contributed by atoms with E-state index in [1.165, 1.54) is 13.2 Å². The van der Waals surface area contributed by atoms with Crippen molar-refractivity contribution in [3.63, 3.8) is 0 Å². The predicted molar refractivity (Wildman–Crippen MR) is 76.4 cm³/mol. The van der Waals surface area contributed by atoms with Crippen molar-refractivity contribution in [3.8, 4) is 5.75 Å². The average molecular weight is 301 g/mol. The predicted octanol–water partition coefficient (Wildman–Crippen LogP) is 2.58. The molecule has 1 atom stereocenters. The van der Waals surface area contributed by atoms with Crippen molar-refractivity contribution in [1.29, 1.82) is 0 Å². The summed E-state index contributed by atoms with van der Waals surface area (Å²) in [4.78, 5) is 22.8. The number of carbonyl (C=O) groups is 2. The van der Waals surface area contributed by atoms with Crippen LogP contribution < -0.4 is 15.4 Å². The van der Waals surface area contributed by atoms with Crippen LogP contribution >= 0.6 is 11.6 Å². The largest absolute Gasteiger partial charge is 0.495 e. The Morgan fingerprint density at radius 3 is 2.50 bits per heavy atom. The molecule has 0 radical (unpaired) electrons. The molecule has 0 aromatic heterocycles. The zero-order valence-electron chi connectivity index (χ0n) is 11.4. The minimum atomic E-state index is -1.09. The number of carbonyl (C=O) groups excluding carboxylic acids is 1. The van der Waals surface area contributed by atoms with E-state index in [2.05, 4.69) is 10.6 Å². The molecule has 6 nitrogen and oxygen atoms in total. The number of urea groups is 1. The summed E-state index contributed by atoms with van der Waals surface area (Å²) in [5.41, 5.74) is 0.366. The molecule has 0 aliphatic carbocycles. The first-order chi connectivity index (χ1) is 9.35. The molecule has 0 fully saturated rings. The van der Waals surface area contributed by atoms with Gasteiger partial charge in [0.25, 0.3) is 0 Å². The van der Waals surface area contributed by atoms with Crippen LogP contribution in [0.1, 0.15) is 13.8 Å². The van der Waals surface area contributed by atoms with Crippen LogP contribution in [0.4, 0.5) is 10.5 Å². The molecule has 20 heavy (non-hydrogen) atoms. The van der Waals surface area contributed by atoms with Crippen LogP contribution in [0.5, 0.6) is 5.75 Å². The fourth-order valence-electron chi connectivity index (χ4n) is 1.59. The van der Waals surface area contributed by atoms with Gasteiger partial charge in [0.1, 0.15) is 11.8 Å². The van der Waals surface area contributed by atoms with E-state index in [9.17, 15) is 9.59 Å². The normalized spacial score (nSPS) is 11.8. The Kier molecular flexibility index (Phi) is 5.64. The molecule has 0 saturated carbocycles. The second kappa shape index (κ2) is 7.00. The van der Waals surface area contributed by atoms with Gasteiger partial charge in [0.05, 0.1) is 12.8 Å². The first-order valence-electron chi connectivity index (χ1n) is 5.99. The Hall–Kier alpha value is -1.95. The maximum absolute atomic E-state index is 11.8. The zero-order chi connectivity index (χ0) is 15.3. The Morgan fingerprint density at radius 1 is 1.35 bits per heavy atom. The molecular formula is C13H17ClN2O4. The van der Waals surface area contributed by atoms with Gasteiger partial charge in [-0.15, -0.1) is 0 Å². The lowest BCUT2D eigenvalue weighted by Crippen LogP contribution is -2.46. The van der Waals surface area contributed by atoms with E-state index < -0.39 is 18.0 Å². The molecule has 0 spiro atoms. The Balaban J connectivity index is 2.80. The summed E-state index contributed by atoms with van der Waals surface area (Å²) in [5, 5.41) is 14.4. The van der Waals surface area contributed by atoms with Gasteiger partial charge >= 0.3 is 12.0 Å². The molecule has 1 unspecified atom stereocenters. The van der Waals surface area contributed by atoms with Gasteiger partial charge in [0, 0.05) is 5.02 Å². The summed E-state index contributed by atoms with van der Waals surface area (Å²) in [7, 11) is 1.46. The standard InChI is InChI=1S/C13H17ClN2O4/c1-7(2)11(12(17)18)16-13(19)15-9-6-8(14)4-5-10(9)20-3/h4-7,11H,1-3H3,(H,17,18)(H2,15,16,19). The Labute approximate surface area is 122 Å².